The highest BCUT2D eigenvalue weighted by molar-refractivity contribution is 6.35. The number of hydrogen-bond donors (Lipinski definition) is 2. The summed E-state index contributed by atoms with van der Waals surface area (Å²) in [4.78, 5) is 11.8. The SMILES string of the molecule is O=C(CNCCc1ccc(Cl)cc1Cl)NC1CCCCC1. The highest BCUT2D eigenvalue weighted by atomic mass is 35.5. The minimum absolute atomic E-state index is 0.0871. The number of amides is 1. The highest BCUT2D eigenvalue weighted by Gasteiger charge is 2.15. The Morgan fingerprint density at radius 2 is 1.95 bits per heavy atom. The van der Waals surface area contributed by atoms with Gasteiger partial charge < -0.3 is 10.6 Å². The van der Waals surface area contributed by atoms with Crippen LogP contribution in [0.15, 0.2) is 18.2 Å². The van der Waals surface area contributed by atoms with E-state index in [1.807, 2.05) is 12.1 Å². The number of rotatable bonds is 6. The van der Waals surface area contributed by atoms with Crippen LogP contribution in [0, 0.1) is 0 Å². The maximum atomic E-state index is 11.8. The molecule has 0 radical (unpaired) electrons. The molecule has 0 unspecified atom stereocenters. The summed E-state index contributed by atoms with van der Waals surface area (Å²) in [5, 5.41) is 7.57. The lowest BCUT2D eigenvalue weighted by molar-refractivity contribution is -0.121. The molecule has 1 aliphatic rings. The molecule has 2 rings (SSSR count). The van der Waals surface area contributed by atoms with E-state index in [0.717, 1.165) is 31.4 Å². The second-order valence-electron chi connectivity index (χ2n) is 5.56. The molecule has 1 fully saturated rings. The van der Waals surface area contributed by atoms with Crippen molar-refractivity contribution in [3.8, 4) is 0 Å². The number of halogens is 2. The molecular weight excluding hydrogens is 307 g/mol. The number of carbonyl (C=O) groups excluding carboxylic acids is 1. The molecule has 0 atom stereocenters. The Balaban J connectivity index is 1.63. The zero-order valence-electron chi connectivity index (χ0n) is 12.1. The first-order valence-electron chi connectivity index (χ1n) is 7.59. The van der Waals surface area contributed by atoms with Crippen molar-refractivity contribution in [1.29, 1.82) is 0 Å². The smallest absolute Gasteiger partial charge is 0.234 e. The zero-order chi connectivity index (χ0) is 15.1. The van der Waals surface area contributed by atoms with Gasteiger partial charge in [-0.15, -0.1) is 0 Å². The molecule has 2 N–H and O–H groups in total. The van der Waals surface area contributed by atoms with Crippen LogP contribution in [-0.2, 0) is 11.2 Å². The third-order valence-corrected chi connectivity index (χ3v) is 4.43. The average Bonchev–Trinajstić information content (AvgIpc) is 2.46. The fraction of sp³-hybridized carbons (Fsp3) is 0.562. The van der Waals surface area contributed by atoms with E-state index in [9.17, 15) is 4.79 Å². The predicted octanol–water partition coefficient (Wildman–Crippen LogP) is 3.57. The number of nitrogens with one attached hydrogen (secondary N) is 2. The highest BCUT2D eigenvalue weighted by Crippen LogP contribution is 2.21. The van der Waals surface area contributed by atoms with Gasteiger partial charge >= 0.3 is 0 Å². The van der Waals surface area contributed by atoms with Gasteiger partial charge in [-0.05, 0) is 43.5 Å². The summed E-state index contributed by atoms with van der Waals surface area (Å²) < 4.78 is 0. The Labute approximate surface area is 136 Å². The zero-order valence-corrected chi connectivity index (χ0v) is 13.6. The van der Waals surface area contributed by atoms with E-state index in [4.69, 9.17) is 23.2 Å². The van der Waals surface area contributed by atoms with Gasteiger partial charge in [-0.3, -0.25) is 4.79 Å². The second-order valence-corrected chi connectivity index (χ2v) is 6.41. The molecule has 0 aliphatic heterocycles. The van der Waals surface area contributed by atoms with Gasteiger partial charge in [0.2, 0.25) is 5.91 Å². The molecule has 0 bridgehead atoms. The molecule has 1 aromatic carbocycles. The molecule has 0 spiro atoms. The molecule has 1 aliphatic carbocycles. The summed E-state index contributed by atoms with van der Waals surface area (Å²) in [7, 11) is 0. The van der Waals surface area contributed by atoms with E-state index in [-0.39, 0.29) is 5.91 Å². The van der Waals surface area contributed by atoms with Crippen LogP contribution in [0.25, 0.3) is 0 Å². The third kappa shape index (κ3) is 5.85. The van der Waals surface area contributed by atoms with E-state index in [1.54, 1.807) is 6.07 Å². The van der Waals surface area contributed by atoms with Crippen molar-refractivity contribution >= 4 is 29.1 Å². The minimum Gasteiger partial charge on any atom is -0.352 e. The normalized spacial score (nSPS) is 15.9. The number of hydrogen-bond acceptors (Lipinski definition) is 2. The van der Waals surface area contributed by atoms with E-state index in [0.29, 0.717) is 22.6 Å². The van der Waals surface area contributed by atoms with Crippen LogP contribution in [0.4, 0.5) is 0 Å². The summed E-state index contributed by atoms with van der Waals surface area (Å²) in [6, 6.07) is 5.88. The van der Waals surface area contributed by atoms with Gasteiger partial charge in [-0.1, -0.05) is 48.5 Å². The lowest BCUT2D eigenvalue weighted by Gasteiger charge is -2.22. The molecule has 21 heavy (non-hydrogen) atoms. The summed E-state index contributed by atoms with van der Waals surface area (Å²) in [6.07, 6.45) is 6.78. The summed E-state index contributed by atoms with van der Waals surface area (Å²) in [5.74, 6) is 0.0871. The van der Waals surface area contributed by atoms with Crippen molar-refractivity contribution in [2.24, 2.45) is 0 Å². The van der Waals surface area contributed by atoms with Crippen molar-refractivity contribution < 1.29 is 4.79 Å². The molecular formula is C16H22Cl2N2O. The van der Waals surface area contributed by atoms with Crippen molar-refractivity contribution in [3.05, 3.63) is 33.8 Å². The molecule has 0 aromatic heterocycles. The first-order valence-corrected chi connectivity index (χ1v) is 8.35. The Morgan fingerprint density at radius 1 is 1.19 bits per heavy atom. The molecule has 0 saturated heterocycles. The Hall–Kier alpha value is -0.770. The van der Waals surface area contributed by atoms with Gasteiger partial charge in [-0.25, -0.2) is 0 Å². The van der Waals surface area contributed by atoms with E-state index >= 15 is 0 Å². The van der Waals surface area contributed by atoms with E-state index < -0.39 is 0 Å². The first kappa shape index (κ1) is 16.6. The maximum absolute atomic E-state index is 11.8. The van der Waals surface area contributed by atoms with E-state index in [2.05, 4.69) is 10.6 Å². The fourth-order valence-corrected chi connectivity index (χ4v) is 3.18. The van der Waals surface area contributed by atoms with Crippen LogP contribution in [0.2, 0.25) is 10.0 Å². The van der Waals surface area contributed by atoms with Crippen LogP contribution in [0.1, 0.15) is 37.7 Å². The van der Waals surface area contributed by atoms with Gasteiger partial charge in [0.1, 0.15) is 0 Å². The molecule has 1 amide bonds. The summed E-state index contributed by atoms with van der Waals surface area (Å²) in [6.45, 7) is 1.08. The first-order chi connectivity index (χ1) is 10.1. The van der Waals surface area contributed by atoms with Gasteiger partial charge in [0.25, 0.3) is 0 Å². The molecule has 5 heteroatoms. The summed E-state index contributed by atoms with van der Waals surface area (Å²) in [5.41, 5.74) is 1.04. The Morgan fingerprint density at radius 3 is 2.67 bits per heavy atom. The van der Waals surface area contributed by atoms with Gasteiger partial charge in [0.15, 0.2) is 0 Å². The van der Waals surface area contributed by atoms with Crippen molar-refractivity contribution in [2.75, 3.05) is 13.1 Å². The molecule has 1 aromatic rings. The quantitative estimate of drug-likeness (QED) is 0.784. The van der Waals surface area contributed by atoms with Crippen molar-refractivity contribution in [3.63, 3.8) is 0 Å². The molecule has 1 saturated carbocycles. The molecule has 3 nitrogen and oxygen atoms in total. The monoisotopic (exact) mass is 328 g/mol. The van der Waals surface area contributed by atoms with Crippen molar-refractivity contribution in [2.45, 2.75) is 44.6 Å². The van der Waals surface area contributed by atoms with Crippen LogP contribution in [0.5, 0.6) is 0 Å². The standard InChI is InChI=1S/C16H22Cl2N2O/c17-13-7-6-12(15(18)10-13)8-9-19-11-16(21)20-14-4-2-1-3-5-14/h6-7,10,14,19H,1-5,8-9,11H2,(H,20,21). The van der Waals surface area contributed by atoms with Crippen LogP contribution in [0.3, 0.4) is 0 Å². The molecule has 0 heterocycles. The second kappa shape index (κ2) is 8.62. The van der Waals surface area contributed by atoms with Crippen LogP contribution < -0.4 is 10.6 Å². The largest absolute Gasteiger partial charge is 0.352 e. The Kier molecular flexibility index (Phi) is 6.81. The van der Waals surface area contributed by atoms with Gasteiger partial charge in [0.05, 0.1) is 6.54 Å². The van der Waals surface area contributed by atoms with Crippen molar-refractivity contribution in [1.82, 2.24) is 10.6 Å². The summed E-state index contributed by atoms with van der Waals surface area (Å²) >= 11 is 12.0. The lowest BCUT2D eigenvalue weighted by atomic mass is 9.95. The third-order valence-electron chi connectivity index (χ3n) is 3.84. The topological polar surface area (TPSA) is 41.1 Å². The molecule has 116 valence electrons. The fourth-order valence-electron chi connectivity index (χ4n) is 2.68. The van der Waals surface area contributed by atoms with Gasteiger partial charge in [0, 0.05) is 16.1 Å². The van der Waals surface area contributed by atoms with E-state index in [1.165, 1.54) is 19.3 Å². The van der Waals surface area contributed by atoms with Crippen LogP contribution in [-0.4, -0.2) is 25.0 Å². The average molecular weight is 329 g/mol. The lowest BCUT2D eigenvalue weighted by Crippen LogP contribution is -2.41. The minimum atomic E-state index is 0.0871. The Bertz CT molecular complexity index is 473. The van der Waals surface area contributed by atoms with Crippen LogP contribution >= 0.6 is 23.2 Å². The maximum Gasteiger partial charge on any atom is 0.234 e. The number of benzene rings is 1. The predicted molar refractivity (Wildman–Crippen MR) is 88.1 cm³/mol. The number of carbonyl (C=O) groups is 1. The van der Waals surface area contributed by atoms with Gasteiger partial charge in [-0.2, -0.15) is 0 Å².